The predicted octanol–water partition coefficient (Wildman–Crippen LogP) is 2.82. The molecule has 0 fully saturated rings. The Morgan fingerprint density at radius 3 is 2.50 bits per heavy atom. The molecule has 0 radical (unpaired) electrons. The van der Waals surface area contributed by atoms with Crippen LogP contribution in [0.4, 0.5) is 0 Å². The minimum Gasteiger partial charge on any atom is -0.353 e. The number of carbonyl (C=O) groups excluding carboxylic acids is 1. The number of amides is 1. The van der Waals surface area contributed by atoms with E-state index in [-0.39, 0.29) is 11.8 Å². The zero-order valence-corrected chi connectivity index (χ0v) is 13.6. The van der Waals surface area contributed by atoms with Crippen molar-refractivity contribution < 1.29 is 13.2 Å². The monoisotopic (exact) mass is 337 g/mol. The fraction of sp³-hybridized carbons (Fsp3) is 0.462. The van der Waals surface area contributed by atoms with Crippen LogP contribution in [0.5, 0.6) is 0 Å². The summed E-state index contributed by atoms with van der Waals surface area (Å²) in [6, 6.07) is 4.57. The van der Waals surface area contributed by atoms with E-state index in [0.29, 0.717) is 15.6 Å². The highest BCUT2D eigenvalue weighted by Crippen LogP contribution is 2.23. The van der Waals surface area contributed by atoms with Crippen LogP contribution >= 0.6 is 23.2 Å². The molecule has 0 unspecified atom stereocenters. The molecular formula is C13H17Cl2NO3S. The normalized spacial score (nSPS) is 13.0. The summed E-state index contributed by atoms with van der Waals surface area (Å²) in [5.41, 5.74) is 0.510. The van der Waals surface area contributed by atoms with Crippen LogP contribution in [0.15, 0.2) is 18.2 Å². The number of sulfone groups is 1. The van der Waals surface area contributed by atoms with Crippen molar-refractivity contribution in [1.82, 2.24) is 5.32 Å². The van der Waals surface area contributed by atoms with E-state index >= 15 is 0 Å². The lowest BCUT2D eigenvalue weighted by molar-refractivity contribution is -0.119. The quantitative estimate of drug-likeness (QED) is 0.868. The zero-order chi connectivity index (χ0) is 15.3. The molecule has 0 aliphatic carbocycles. The van der Waals surface area contributed by atoms with Gasteiger partial charge in [-0.25, -0.2) is 8.42 Å². The fourth-order valence-electron chi connectivity index (χ4n) is 1.55. The second-order valence-corrected chi connectivity index (χ2v) is 7.54. The Morgan fingerprint density at radius 1 is 1.30 bits per heavy atom. The van der Waals surface area contributed by atoms with Crippen LogP contribution < -0.4 is 5.32 Å². The molecule has 1 atom stereocenters. The Bertz CT molecular complexity index is 587. The fourth-order valence-corrected chi connectivity index (χ4v) is 3.15. The van der Waals surface area contributed by atoms with Crippen LogP contribution in [0.2, 0.25) is 10.0 Å². The molecule has 0 saturated carbocycles. The van der Waals surface area contributed by atoms with Crippen molar-refractivity contribution in [3.63, 3.8) is 0 Å². The number of hydrogen-bond donors (Lipinski definition) is 1. The molecule has 1 aromatic carbocycles. The number of carbonyl (C=O) groups is 1. The Kier molecular flexibility index (Phi) is 6.30. The minimum atomic E-state index is -3.53. The number of rotatable bonds is 6. The Balaban J connectivity index is 2.70. The molecule has 0 spiro atoms. The summed E-state index contributed by atoms with van der Waals surface area (Å²) in [6.45, 7) is 3.73. The molecule has 0 aromatic heterocycles. The summed E-state index contributed by atoms with van der Waals surface area (Å²) in [4.78, 5) is 11.6. The van der Waals surface area contributed by atoms with Crippen molar-refractivity contribution in [2.24, 2.45) is 0 Å². The molecule has 112 valence electrons. The molecule has 1 amide bonds. The van der Waals surface area contributed by atoms with E-state index in [2.05, 4.69) is 5.32 Å². The van der Waals surface area contributed by atoms with E-state index in [0.717, 1.165) is 6.42 Å². The molecule has 0 heterocycles. The third-order valence-corrected chi connectivity index (χ3v) is 4.96. The van der Waals surface area contributed by atoms with Gasteiger partial charge < -0.3 is 5.32 Å². The maximum absolute atomic E-state index is 11.9. The van der Waals surface area contributed by atoms with E-state index in [1.807, 2.05) is 13.8 Å². The second-order valence-electron chi connectivity index (χ2n) is 4.66. The van der Waals surface area contributed by atoms with Gasteiger partial charge in [0.25, 0.3) is 0 Å². The maximum Gasteiger partial charge on any atom is 0.235 e. The number of hydrogen-bond acceptors (Lipinski definition) is 3. The van der Waals surface area contributed by atoms with Crippen LogP contribution in [0.3, 0.4) is 0 Å². The van der Waals surface area contributed by atoms with Gasteiger partial charge in [0.1, 0.15) is 5.75 Å². The van der Waals surface area contributed by atoms with Gasteiger partial charge in [0.05, 0.1) is 15.8 Å². The second kappa shape index (κ2) is 7.29. The van der Waals surface area contributed by atoms with Crippen molar-refractivity contribution >= 4 is 38.9 Å². The van der Waals surface area contributed by atoms with Crippen LogP contribution in [0, 0.1) is 0 Å². The van der Waals surface area contributed by atoms with Gasteiger partial charge in [0.15, 0.2) is 9.84 Å². The maximum atomic E-state index is 11.9. The molecule has 1 aromatic rings. The summed E-state index contributed by atoms with van der Waals surface area (Å²) in [7, 11) is -3.53. The Hall–Kier alpha value is -0.780. The summed E-state index contributed by atoms with van der Waals surface area (Å²) in [6.07, 6.45) is 0.749. The average molecular weight is 338 g/mol. The van der Waals surface area contributed by atoms with Crippen molar-refractivity contribution in [3.8, 4) is 0 Å². The summed E-state index contributed by atoms with van der Waals surface area (Å²) in [5.74, 6) is -1.26. The van der Waals surface area contributed by atoms with Gasteiger partial charge in [0, 0.05) is 6.04 Å². The van der Waals surface area contributed by atoms with Crippen LogP contribution in [-0.2, 0) is 20.4 Å². The lowest BCUT2D eigenvalue weighted by Gasteiger charge is -2.11. The van der Waals surface area contributed by atoms with Crippen LogP contribution in [-0.4, -0.2) is 26.1 Å². The smallest absolute Gasteiger partial charge is 0.235 e. The van der Waals surface area contributed by atoms with Crippen molar-refractivity contribution in [1.29, 1.82) is 0 Å². The summed E-state index contributed by atoms with van der Waals surface area (Å²) in [5, 5.41) is 3.28. The largest absolute Gasteiger partial charge is 0.353 e. The number of benzene rings is 1. The molecule has 7 heteroatoms. The van der Waals surface area contributed by atoms with Gasteiger partial charge in [-0.15, -0.1) is 0 Å². The third-order valence-electron chi connectivity index (χ3n) is 2.74. The van der Waals surface area contributed by atoms with Crippen LogP contribution in [0.25, 0.3) is 0 Å². The molecule has 0 aliphatic rings. The first-order valence-electron chi connectivity index (χ1n) is 6.17. The standard InChI is InChI=1S/C13H17Cl2NO3S/c1-3-9(2)16-13(17)8-20(18,19)7-10-4-5-11(14)12(15)6-10/h4-6,9H,3,7-8H2,1-2H3,(H,16,17)/t9-/m1/s1. The van der Waals surface area contributed by atoms with Gasteiger partial charge >= 0.3 is 0 Å². The first kappa shape index (κ1) is 17.3. The number of nitrogens with one attached hydrogen (secondary N) is 1. The lowest BCUT2D eigenvalue weighted by Crippen LogP contribution is -2.36. The molecular weight excluding hydrogens is 321 g/mol. The van der Waals surface area contributed by atoms with E-state index < -0.39 is 21.5 Å². The molecule has 0 saturated heterocycles. The molecule has 4 nitrogen and oxygen atoms in total. The predicted molar refractivity (Wildman–Crippen MR) is 81.8 cm³/mol. The van der Waals surface area contributed by atoms with Crippen LogP contribution in [0.1, 0.15) is 25.8 Å². The molecule has 1 N–H and O–H groups in total. The van der Waals surface area contributed by atoms with E-state index in [1.165, 1.54) is 12.1 Å². The van der Waals surface area contributed by atoms with Gasteiger partial charge in [-0.1, -0.05) is 36.2 Å². The van der Waals surface area contributed by atoms with Gasteiger partial charge in [0.2, 0.25) is 5.91 Å². The Morgan fingerprint density at radius 2 is 1.95 bits per heavy atom. The first-order valence-corrected chi connectivity index (χ1v) is 8.75. The SMILES string of the molecule is CC[C@@H](C)NC(=O)CS(=O)(=O)Cc1ccc(Cl)c(Cl)c1. The topological polar surface area (TPSA) is 63.2 Å². The zero-order valence-electron chi connectivity index (χ0n) is 11.3. The number of halogens is 2. The highest BCUT2D eigenvalue weighted by molar-refractivity contribution is 7.91. The lowest BCUT2D eigenvalue weighted by atomic mass is 10.2. The molecule has 20 heavy (non-hydrogen) atoms. The van der Waals surface area contributed by atoms with Crippen molar-refractivity contribution in [2.45, 2.75) is 32.1 Å². The van der Waals surface area contributed by atoms with Gasteiger partial charge in [-0.05, 0) is 31.0 Å². The summed E-state index contributed by atoms with van der Waals surface area (Å²) >= 11 is 11.6. The average Bonchev–Trinajstić information content (AvgIpc) is 2.32. The highest BCUT2D eigenvalue weighted by atomic mass is 35.5. The highest BCUT2D eigenvalue weighted by Gasteiger charge is 2.18. The van der Waals surface area contributed by atoms with E-state index in [9.17, 15) is 13.2 Å². The molecule has 1 rings (SSSR count). The van der Waals surface area contributed by atoms with E-state index in [1.54, 1.807) is 6.07 Å². The first-order chi connectivity index (χ1) is 9.23. The Labute approximate surface area is 129 Å². The summed E-state index contributed by atoms with van der Waals surface area (Å²) < 4.78 is 23.9. The van der Waals surface area contributed by atoms with Crippen molar-refractivity contribution in [2.75, 3.05) is 5.75 Å². The molecule has 0 aliphatic heterocycles. The van der Waals surface area contributed by atoms with E-state index in [4.69, 9.17) is 23.2 Å². The minimum absolute atomic E-state index is 0.0392. The van der Waals surface area contributed by atoms with Gasteiger partial charge in [-0.3, -0.25) is 4.79 Å². The molecule has 0 bridgehead atoms. The van der Waals surface area contributed by atoms with Gasteiger partial charge in [-0.2, -0.15) is 0 Å². The van der Waals surface area contributed by atoms with Crippen molar-refractivity contribution in [3.05, 3.63) is 33.8 Å². The third kappa shape index (κ3) is 5.69.